The number of pyridine rings is 1. The maximum Gasteiger partial charge on any atom is 0.416 e. The van der Waals surface area contributed by atoms with Gasteiger partial charge in [0.15, 0.2) is 11.5 Å². The van der Waals surface area contributed by atoms with Crippen LogP contribution < -0.4 is 9.80 Å². The van der Waals surface area contributed by atoms with Gasteiger partial charge >= 0.3 is 6.18 Å². The van der Waals surface area contributed by atoms with Crippen LogP contribution in [0.2, 0.25) is 0 Å². The van der Waals surface area contributed by atoms with Crippen LogP contribution in [0.1, 0.15) is 31.2 Å². The molecule has 0 unspecified atom stereocenters. The van der Waals surface area contributed by atoms with Crippen LogP contribution in [-0.4, -0.2) is 89.9 Å². The predicted molar refractivity (Wildman–Crippen MR) is 166 cm³/mol. The standard InChI is InChI=1S/C32H35F4N9O/c1-43(19-31(20-46-2)5-3-6-31)26-16-24(21-13-22(32(34,35)36)15-23(33)14-21)40-30-28(26)41-29(42-30)25-17-39-27(18-38-25)45-11-9-44(10-12-45)8-4-7-37/h13-18H,3-6,8-12,19-20H2,1-2H3,(H,40,41,42). The van der Waals surface area contributed by atoms with Gasteiger partial charge in [0.1, 0.15) is 22.8 Å². The lowest BCUT2D eigenvalue weighted by Crippen LogP contribution is -2.46. The second-order valence-corrected chi connectivity index (χ2v) is 12.2. The molecular formula is C32H35F4N9O. The highest BCUT2D eigenvalue weighted by Crippen LogP contribution is 2.43. The van der Waals surface area contributed by atoms with Gasteiger partial charge < -0.3 is 19.5 Å². The van der Waals surface area contributed by atoms with Gasteiger partial charge in [0.2, 0.25) is 0 Å². The highest BCUT2D eigenvalue weighted by molar-refractivity contribution is 5.91. The van der Waals surface area contributed by atoms with Gasteiger partial charge in [0, 0.05) is 70.8 Å². The zero-order valence-electron chi connectivity index (χ0n) is 25.7. The van der Waals surface area contributed by atoms with Crippen LogP contribution in [0.4, 0.5) is 29.1 Å². The summed E-state index contributed by atoms with van der Waals surface area (Å²) in [6, 6.07) is 6.28. The lowest BCUT2D eigenvalue weighted by molar-refractivity contribution is -0.137. The van der Waals surface area contributed by atoms with E-state index in [-0.39, 0.29) is 22.3 Å². The summed E-state index contributed by atoms with van der Waals surface area (Å²) < 4.78 is 60.7. The number of hydrogen-bond acceptors (Lipinski definition) is 9. The monoisotopic (exact) mass is 637 g/mol. The number of rotatable bonds is 10. The molecule has 14 heteroatoms. The second-order valence-electron chi connectivity index (χ2n) is 12.2. The van der Waals surface area contributed by atoms with E-state index >= 15 is 0 Å². The molecule has 242 valence electrons. The number of benzene rings is 1. The quantitative estimate of drug-likeness (QED) is 0.225. The number of aromatic nitrogens is 5. The third-order valence-corrected chi connectivity index (χ3v) is 8.93. The molecule has 1 aliphatic carbocycles. The van der Waals surface area contributed by atoms with Gasteiger partial charge in [-0.25, -0.2) is 24.3 Å². The Morgan fingerprint density at radius 1 is 1.04 bits per heavy atom. The minimum absolute atomic E-state index is 0.000499. The Labute approximate surface area is 264 Å². The van der Waals surface area contributed by atoms with Crippen molar-refractivity contribution in [3.63, 3.8) is 0 Å². The average molecular weight is 638 g/mol. The van der Waals surface area contributed by atoms with Crippen molar-refractivity contribution in [3.05, 3.63) is 48.0 Å². The highest BCUT2D eigenvalue weighted by Gasteiger charge is 2.38. The molecule has 4 aromatic rings. The zero-order valence-corrected chi connectivity index (χ0v) is 25.7. The first kappa shape index (κ1) is 31.6. The summed E-state index contributed by atoms with van der Waals surface area (Å²) in [5.74, 6) is 0.132. The molecule has 1 aliphatic heterocycles. The minimum Gasteiger partial charge on any atom is -0.384 e. The predicted octanol–water partition coefficient (Wildman–Crippen LogP) is 5.53. The van der Waals surface area contributed by atoms with E-state index in [1.165, 1.54) is 0 Å². The van der Waals surface area contributed by atoms with E-state index in [9.17, 15) is 17.6 Å². The summed E-state index contributed by atoms with van der Waals surface area (Å²) in [5.41, 5.74) is 1.02. The molecule has 2 aliphatic rings. The Morgan fingerprint density at radius 3 is 2.46 bits per heavy atom. The number of fused-ring (bicyclic) bond motifs is 1. The average Bonchev–Trinajstić information content (AvgIpc) is 3.46. The second kappa shape index (κ2) is 12.8. The van der Waals surface area contributed by atoms with Crippen LogP contribution in [0.5, 0.6) is 0 Å². The largest absolute Gasteiger partial charge is 0.416 e. The first-order valence-corrected chi connectivity index (χ1v) is 15.2. The number of imidazole rings is 1. The molecule has 10 nitrogen and oxygen atoms in total. The molecule has 1 saturated carbocycles. The van der Waals surface area contributed by atoms with Gasteiger partial charge in [-0.2, -0.15) is 18.4 Å². The molecule has 1 aromatic carbocycles. The van der Waals surface area contributed by atoms with Crippen LogP contribution in [0.15, 0.2) is 36.7 Å². The Hall–Kier alpha value is -4.35. The summed E-state index contributed by atoms with van der Waals surface area (Å²) in [6.07, 6.45) is 2.20. The van der Waals surface area contributed by atoms with Gasteiger partial charge in [-0.15, -0.1) is 0 Å². The number of ether oxygens (including phenoxy) is 1. The Kier molecular flexibility index (Phi) is 8.80. The van der Waals surface area contributed by atoms with Crippen molar-refractivity contribution in [2.24, 2.45) is 5.41 Å². The van der Waals surface area contributed by atoms with Crippen molar-refractivity contribution in [3.8, 4) is 28.8 Å². The summed E-state index contributed by atoms with van der Waals surface area (Å²) in [7, 11) is 3.59. The van der Waals surface area contributed by atoms with E-state index in [4.69, 9.17) is 10.00 Å². The summed E-state index contributed by atoms with van der Waals surface area (Å²) >= 11 is 0. The number of nitrogens with zero attached hydrogens (tertiary/aromatic N) is 8. The molecule has 2 fully saturated rings. The number of aromatic amines is 1. The summed E-state index contributed by atoms with van der Waals surface area (Å²) in [6.45, 7) is 5.19. The molecule has 3 aromatic heterocycles. The number of hydrogen-bond donors (Lipinski definition) is 1. The number of alkyl halides is 3. The van der Waals surface area contributed by atoms with E-state index < -0.39 is 17.6 Å². The lowest BCUT2D eigenvalue weighted by atomic mass is 9.69. The van der Waals surface area contributed by atoms with Gasteiger partial charge in [0.05, 0.1) is 42.0 Å². The smallest absolute Gasteiger partial charge is 0.384 e. The molecular weight excluding hydrogens is 602 g/mol. The maximum atomic E-state index is 14.4. The number of anilines is 2. The Balaban J connectivity index is 1.34. The molecule has 0 radical (unpaired) electrons. The Morgan fingerprint density at radius 2 is 1.83 bits per heavy atom. The SMILES string of the molecule is COCC1(CN(C)c2cc(-c3cc(F)cc(C(F)(F)F)c3)nc3nc(-c4cnc(N5CCN(CCC#N)CC5)cn4)[nH]c23)CCC1. The van der Waals surface area contributed by atoms with E-state index in [2.05, 4.69) is 40.8 Å². The molecule has 0 atom stereocenters. The molecule has 1 N–H and O–H groups in total. The zero-order chi connectivity index (χ0) is 32.5. The highest BCUT2D eigenvalue weighted by atomic mass is 19.4. The molecule has 6 rings (SSSR count). The minimum atomic E-state index is -4.72. The third kappa shape index (κ3) is 6.61. The van der Waals surface area contributed by atoms with Gasteiger partial charge in [-0.05, 0) is 37.1 Å². The van der Waals surface area contributed by atoms with Crippen LogP contribution >= 0.6 is 0 Å². The first-order valence-electron chi connectivity index (χ1n) is 15.2. The van der Waals surface area contributed by atoms with Gasteiger partial charge in [-0.1, -0.05) is 6.42 Å². The summed E-state index contributed by atoms with van der Waals surface area (Å²) in [4.78, 5) is 28.2. The molecule has 46 heavy (non-hydrogen) atoms. The normalized spacial score (nSPS) is 16.8. The topological polar surface area (TPSA) is 110 Å². The fourth-order valence-electron chi connectivity index (χ4n) is 6.38. The van der Waals surface area contributed by atoms with Crippen molar-refractivity contribution in [1.29, 1.82) is 5.26 Å². The number of piperazine rings is 1. The van der Waals surface area contributed by atoms with Crippen LogP contribution in [0, 0.1) is 22.6 Å². The third-order valence-electron chi connectivity index (χ3n) is 8.93. The number of H-pyrrole nitrogens is 1. The molecule has 0 spiro atoms. The van der Waals surface area contributed by atoms with E-state index in [1.54, 1.807) is 25.6 Å². The molecule has 0 bridgehead atoms. The lowest BCUT2D eigenvalue weighted by Gasteiger charge is -2.44. The van der Waals surface area contributed by atoms with Gasteiger partial charge in [0.25, 0.3) is 0 Å². The Bertz CT molecular complexity index is 1720. The van der Waals surface area contributed by atoms with Crippen molar-refractivity contribution < 1.29 is 22.3 Å². The molecule has 4 heterocycles. The van der Waals surface area contributed by atoms with Crippen LogP contribution in [0.25, 0.3) is 33.9 Å². The molecule has 0 amide bonds. The van der Waals surface area contributed by atoms with E-state index in [0.717, 1.165) is 69.9 Å². The van der Waals surface area contributed by atoms with E-state index in [0.29, 0.717) is 48.4 Å². The number of nitriles is 1. The van der Waals surface area contributed by atoms with Crippen molar-refractivity contribution >= 4 is 22.7 Å². The fourth-order valence-corrected chi connectivity index (χ4v) is 6.38. The number of nitrogens with one attached hydrogen (secondary N) is 1. The fraction of sp³-hybridized carbons (Fsp3) is 0.469. The van der Waals surface area contributed by atoms with Crippen molar-refractivity contribution in [2.45, 2.75) is 31.9 Å². The first-order chi connectivity index (χ1) is 22.1. The van der Waals surface area contributed by atoms with Crippen LogP contribution in [0.3, 0.4) is 0 Å². The number of methoxy groups -OCH3 is 1. The van der Waals surface area contributed by atoms with Crippen molar-refractivity contribution in [2.75, 3.05) is 69.8 Å². The number of halogens is 4. The summed E-state index contributed by atoms with van der Waals surface area (Å²) in [5, 5.41) is 8.85. The van der Waals surface area contributed by atoms with Crippen molar-refractivity contribution in [1.82, 2.24) is 29.8 Å². The van der Waals surface area contributed by atoms with Gasteiger partial charge in [-0.3, -0.25) is 4.90 Å². The molecule has 1 saturated heterocycles. The maximum absolute atomic E-state index is 14.4. The van der Waals surface area contributed by atoms with E-state index in [1.807, 2.05) is 11.9 Å². The van der Waals surface area contributed by atoms with Crippen LogP contribution in [-0.2, 0) is 10.9 Å².